The maximum atomic E-state index is 12.0. The lowest BCUT2D eigenvalue weighted by Gasteiger charge is -2.73. The SMILES string of the molecule is C=C(C)[C@@H]1CC[C@]2(C)CC[C@]3(C)[C@H](CC[C@@H]4[C@@]5(C)CCCC(C)(C)[C@@H]5C[C@H](O)[C@]43C)[C@@H]12. The van der Waals surface area contributed by atoms with Gasteiger partial charge >= 0.3 is 0 Å². The van der Waals surface area contributed by atoms with Gasteiger partial charge in [0, 0.05) is 5.41 Å². The van der Waals surface area contributed by atoms with Crippen molar-refractivity contribution in [2.75, 3.05) is 0 Å². The normalized spacial score (nSPS) is 57.9. The van der Waals surface area contributed by atoms with Crippen LogP contribution in [-0.4, -0.2) is 11.2 Å². The molecule has 0 heterocycles. The number of rotatable bonds is 1. The Bertz CT molecular complexity index is 766. The zero-order valence-corrected chi connectivity index (χ0v) is 21.7. The summed E-state index contributed by atoms with van der Waals surface area (Å²) in [7, 11) is 0. The number of aliphatic hydroxyl groups is 1. The first-order valence-corrected chi connectivity index (χ1v) is 13.6. The minimum Gasteiger partial charge on any atom is -0.393 e. The lowest BCUT2D eigenvalue weighted by atomic mass is 9.32. The number of fused-ring (bicyclic) bond motifs is 7. The van der Waals surface area contributed by atoms with Crippen LogP contribution in [-0.2, 0) is 0 Å². The summed E-state index contributed by atoms with van der Waals surface area (Å²) < 4.78 is 0. The molecule has 0 unspecified atom stereocenters. The van der Waals surface area contributed by atoms with Gasteiger partial charge < -0.3 is 5.11 Å². The third kappa shape index (κ3) is 2.65. The molecule has 1 nitrogen and oxygen atoms in total. The first-order valence-electron chi connectivity index (χ1n) is 13.6. The lowest BCUT2D eigenvalue weighted by Crippen LogP contribution is -2.69. The highest BCUT2D eigenvalue weighted by molar-refractivity contribution is 5.22. The average Bonchev–Trinajstić information content (AvgIpc) is 3.03. The molecule has 5 fully saturated rings. The van der Waals surface area contributed by atoms with Crippen LogP contribution in [0.4, 0.5) is 0 Å². The molecular weight excluding hydrogens is 376 g/mol. The van der Waals surface area contributed by atoms with E-state index in [1.54, 1.807) is 0 Å². The monoisotopic (exact) mass is 426 g/mol. The van der Waals surface area contributed by atoms with Crippen LogP contribution in [0.2, 0.25) is 0 Å². The standard InChI is InChI=1S/C30H50O/c1-19(2)20-12-15-27(5)16-17-29(7)21(25(20)27)10-11-22-28(6)14-9-13-26(3,4)23(28)18-24(31)30(22,29)8/h20-25,31H,1,9-18H2,2-8H3/t20-,21+,22+,23-,24-,25+,27+,28+,29+,30-/m0/s1. The third-order valence-corrected chi connectivity index (χ3v) is 13.3. The highest BCUT2D eigenvalue weighted by Gasteiger charge is 2.72. The summed E-state index contributed by atoms with van der Waals surface area (Å²) in [6.45, 7) is 22.2. The van der Waals surface area contributed by atoms with E-state index in [4.69, 9.17) is 0 Å². The molecule has 0 aromatic rings. The fourth-order valence-electron chi connectivity index (χ4n) is 11.5. The van der Waals surface area contributed by atoms with Crippen molar-refractivity contribution >= 4 is 0 Å². The van der Waals surface area contributed by atoms with Gasteiger partial charge in [-0.05, 0) is 116 Å². The molecule has 0 spiro atoms. The predicted molar refractivity (Wildman–Crippen MR) is 131 cm³/mol. The van der Waals surface area contributed by atoms with Gasteiger partial charge in [-0.2, -0.15) is 0 Å². The molecule has 5 saturated carbocycles. The smallest absolute Gasteiger partial charge is 0.0605 e. The van der Waals surface area contributed by atoms with Crippen molar-refractivity contribution in [3.63, 3.8) is 0 Å². The Balaban J connectivity index is 1.59. The second-order valence-corrected chi connectivity index (χ2v) is 14.8. The molecule has 1 N–H and O–H groups in total. The summed E-state index contributed by atoms with van der Waals surface area (Å²) in [5.41, 5.74) is 3.00. The van der Waals surface area contributed by atoms with E-state index < -0.39 is 0 Å². The van der Waals surface area contributed by atoms with Crippen LogP contribution in [0.15, 0.2) is 12.2 Å². The van der Waals surface area contributed by atoms with E-state index in [0.717, 1.165) is 18.3 Å². The molecule has 0 aliphatic heterocycles. The topological polar surface area (TPSA) is 20.2 Å². The van der Waals surface area contributed by atoms with Gasteiger partial charge in [0.05, 0.1) is 6.10 Å². The van der Waals surface area contributed by atoms with E-state index in [2.05, 4.69) is 55.0 Å². The molecule has 0 amide bonds. The van der Waals surface area contributed by atoms with Crippen molar-refractivity contribution in [2.45, 2.75) is 119 Å². The second-order valence-electron chi connectivity index (χ2n) is 14.8. The Morgan fingerprint density at radius 1 is 0.839 bits per heavy atom. The zero-order chi connectivity index (χ0) is 22.6. The maximum Gasteiger partial charge on any atom is 0.0605 e. The fraction of sp³-hybridized carbons (Fsp3) is 0.933. The molecule has 5 aliphatic carbocycles. The molecular formula is C30H50O. The van der Waals surface area contributed by atoms with Gasteiger partial charge in [0.1, 0.15) is 0 Å². The quantitative estimate of drug-likeness (QED) is 0.421. The van der Waals surface area contributed by atoms with Crippen molar-refractivity contribution in [1.29, 1.82) is 0 Å². The van der Waals surface area contributed by atoms with Crippen molar-refractivity contribution in [3.8, 4) is 0 Å². The van der Waals surface area contributed by atoms with Crippen LogP contribution in [0, 0.1) is 56.7 Å². The highest BCUT2D eigenvalue weighted by atomic mass is 16.3. The van der Waals surface area contributed by atoms with Gasteiger partial charge in [0.15, 0.2) is 0 Å². The van der Waals surface area contributed by atoms with Crippen molar-refractivity contribution < 1.29 is 5.11 Å². The summed E-state index contributed by atoms with van der Waals surface area (Å²) in [6, 6.07) is 0. The highest BCUT2D eigenvalue weighted by Crippen LogP contribution is 2.77. The first kappa shape index (κ1) is 22.5. The Hall–Kier alpha value is -0.300. The molecule has 0 bridgehead atoms. The molecule has 31 heavy (non-hydrogen) atoms. The van der Waals surface area contributed by atoms with Gasteiger partial charge in [-0.15, -0.1) is 0 Å². The summed E-state index contributed by atoms with van der Waals surface area (Å²) in [4.78, 5) is 0. The number of allylic oxidation sites excluding steroid dienone is 1. The van der Waals surface area contributed by atoms with E-state index in [1.165, 1.54) is 63.4 Å². The van der Waals surface area contributed by atoms with Crippen LogP contribution in [0.5, 0.6) is 0 Å². The molecule has 10 atom stereocenters. The summed E-state index contributed by atoms with van der Waals surface area (Å²) in [5.74, 6) is 3.58. The lowest BCUT2D eigenvalue weighted by molar-refractivity contribution is -0.274. The minimum atomic E-state index is -0.144. The van der Waals surface area contributed by atoms with E-state index in [0.29, 0.717) is 34.0 Å². The Kier molecular flexibility index (Phi) is 4.82. The van der Waals surface area contributed by atoms with Gasteiger partial charge in [-0.25, -0.2) is 0 Å². The zero-order valence-electron chi connectivity index (χ0n) is 21.7. The largest absolute Gasteiger partial charge is 0.393 e. The van der Waals surface area contributed by atoms with Crippen molar-refractivity contribution in [1.82, 2.24) is 0 Å². The van der Waals surface area contributed by atoms with Gasteiger partial charge in [0.25, 0.3) is 0 Å². The van der Waals surface area contributed by atoms with Crippen LogP contribution < -0.4 is 0 Å². The molecule has 0 saturated heterocycles. The third-order valence-electron chi connectivity index (χ3n) is 13.3. The molecule has 0 aromatic carbocycles. The Morgan fingerprint density at radius 2 is 1.55 bits per heavy atom. The summed E-state index contributed by atoms with van der Waals surface area (Å²) >= 11 is 0. The Morgan fingerprint density at radius 3 is 2.23 bits per heavy atom. The maximum absolute atomic E-state index is 12.0. The molecule has 5 rings (SSSR count). The van der Waals surface area contributed by atoms with E-state index in [1.807, 2.05) is 0 Å². The number of hydrogen-bond donors (Lipinski definition) is 1. The van der Waals surface area contributed by atoms with Crippen molar-refractivity contribution in [2.24, 2.45) is 56.7 Å². The van der Waals surface area contributed by atoms with Crippen LogP contribution in [0.3, 0.4) is 0 Å². The van der Waals surface area contributed by atoms with Crippen LogP contribution >= 0.6 is 0 Å². The predicted octanol–water partition coefficient (Wildman–Crippen LogP) is 8.02. The first-order chi connectivity index (χ1) is 14.3. The molecule has 1 heteroatoms. The van der Waals surface area contributed by atoms with Crippen molar-refractivity contribution in [3.05, 3.63) is 12.2 Å². The second kappa shape index (κ2) is 6.64. The van der Waals surface area contributed by atoms with Crippen LogP contribution in [0.1, 0.15) is 113 Å². The summed E-state index contributed by atoms with van der Waals surface area (Å²) in [5, 5.41) is 12.0. The van der Waals surface area contributed by atoms with Gasteiger partial charge in [-0.3, -0.25) is 0 Å². The van der Waals surface area contributed by atoms with Gasteiger partial charge in [-0.1, -0.05) is 60.1 Å². The van der Waals surface area contributed by atoms with E-state index >= 15 is 0 Å². The number of aliphatic hydroxyl groups excluding tert-OH is 1. The minimum absolute atomic E-state index is 0.0537. The molecule has 0 radical (unpaired) electrons. The average molecular weight is 427 g/mol. The summed E-state index contributed by atoms with van der Waals surface area (Å²) in [6.07, 6.45) is 13.1. The van der Waals surface area contributed by atoms with E-state index in [-0.39, 0.29) is 16.9 Å². The van der Waals surface area contributed by atoms with E-state index in [9.17, 15) is 5.11 Å². The van der Waals surface area contributed by atoms with Crippen LogP contribution in [0.25, 0.3) is 0 Å². The number of hydrogen-bond acceptors (Lipinski definition) is 1. The molecule has 5 aliphatic rings. The molecule has 176 valence electrons. The van der Waals surface area contributed by atoms with Gasteiger partial charge in [0.2, 0.25) is 0 Å². The molecule has 0 aromatic heterocycles. The Labute approximate surface area is 192 Å². The fourth-order valence-corrected chi connectivity index (χ4v) is 11.5.